The number of carbonyl (C=O) groups is 3. The number of amides is 2. The zero-order valence-electron chi connectivity index (χ0n) is 13.2. The average molecular weight is 322 g/mol. The van der Waals surface area contributed by atoms with Crippen LogP contribution in [0.4, 0.5) is 0 Å². The number of nitrogens with one attached hydrogen (secondary N) is 1. The molecule has 2 heterocycles. The molecule has 1 aliphatic heterocycles. The molecule has 1 unspecified atom stereocenters. The second-order valence-electron chi connectivity index (χ2n) is 5.82. The first kappa shape index (κ1) is 17.1. The zero-order chi connectivity index (χ0) is 16.8. The fourth-order valence-electron chi connectivity index (χ4n) is 2.71. The molecule has 0 bridgehead atoms. The van der Waals surface area contributed by atoms with Gasteiger partial charge >= 0.3 is 5.97 Å². The lowest BCUT2D eigenvalue weighted by molar-refractivity contribution is -0.121. The van der Waals surface area contributed by atoms with Crippen molar-refractivity contribution in [2.45, 2.75) is 32.6 Å². The number of rotatable bonds is 6. The highest BCUT2D eigenvalue weighted by Crippen LogP contribution is 2.19. The number of likely N-dealkylation sites (tertiary alicyclic amines) is 1. The van der Waals surface area contributed by atoms with Crippen LogP contribution in [0.1, 0.15) is 53.5 Å². The Kier molecular flexibility index (Phi) is 5.78. The number of nitrogens with zero attached hydrogens (tertiary/aromatic N) is 1. The third-order valence-corrected chi connectivity index (χ3v) is 3.93. The molecule has 0 spiro atoms. The molecular formula is C16H22N2O5. The van der Waals surface area contributed by atoms with E-state index in [0.29, 0.717) is 26.1 Å². The summed E-state index contributed by atoms with van der Waals surface area (Å²) >= 11 is 0. The Bertz CT molecular complexity index is 581. The van der Waals surface area contributed by atoms with Crippen LogP contribution in [0.5, 0.6) is 0 Å². The number of carboxylic acid groups (broad SMARTS) is 1. The zero-order valence-corrected chi connectivity index (χ0v) is 13.2. The first-order chi connectivity index (χ1) is 11.0. The summed E-state index contributed by atoms with van der Waals surface area (Å²) in [5, 5.41) is 11.8. The Morgan fingerprint density at radius 3 is 2.87 bits per heavy atom. The summed E-state index contributed by atoms with van der Waals surface area (Å²) in [6.45, 7) is 3.66. The standard InChI is InChI=1S/C16H22N2O5/c1-2-4-14(19)17-8-11-5-3-6-18(9-11)15(20)13-7-12(10-23-13)16(21)22/h7,10-11H,2-6,8-9H2,1H3,(H,17,19)(H,21,22). The lowest BCUT2D eigenvalue weighted by Crippen LogP contribution is -2.43. The Balaban J connectivity index is 1.90. The number of piperidine rings is 1. The molecule has 0 aliphatic carbocycles. The molecule has 0 saturated carbocycles. The van der Waals surface area contributed by atoms with E-state index in [1.807, 2.05) is 6.92 Å². The van der Waals surface area contributed by atoms with Crippen molar-refractivity contribution in [1.29, 1.82) is 0 Å². The molecule has 2 rings (SSSR count). The normalized spacial score (nSPS) is 17.8. The maximum Gasteiger partial charge on any atom is 0.338 e. The van der Waals surface area contributed by atoms with E-state index in [1.54, 1.807) is 4.90 Å². The predicted molar refractivity (Wildman–Crippen MR) is 82.2 cm³/mol. The van der Waals surface area contributed by atoms with Crippen molar-refractivity contribution in [2.75, 3.05) is 19.6 Å². The first-order valence-corrected chi connectivity index (χ1v) is 7.89. The summed E-state index contributed by atoms with van der Waals surface area (Å²) in [5.74, 6) is -1.14. The molecule has 7 heteroatoms. The average Bonchev–Trinajstić information content (AvgIpc) is 3.03. The van der Waals surface area contributed by atoms with Gasteiger partial charge in [0.1, 0.15) is 6.26 Å². The van der Waals surface area contributed by atoms with Crippen LogP contribution in [-0.2, 0) is 4.79 Å². The highest BCUT2D eigenvalue weighted by molar-refractivity contribution is 5.95. The van der Waals surface area contributed by atoms with Crippen molar-refractivity contribution in [3.63, 3.8) is 0 Å². The molecule has 1 saturated heterocycles. The van der Waals surface area contributed by atoms with Gasteiger partial charge in [-0.3, -0.25) is 9.59 Å². The van der Waals surface area contributed by atoms with E-state index in [1.165, 1.54) is 6.07 Å². The molecule has 23 heavy (non-hydrogen) atoms. The smallest absolute Gasteiger partial charge is 0.338 e. The molecule has 1 atom stereocenters. The Morgan fingerprint density at radius 1 is 1.43 bits per heavy atom. The monoisotopic (exact) mass is 322 g/mol. The third kappa shape index (κ3) is 4.58. The third-order valence-electron chi connectivity index (χ3n) is 3.93. The van der Waals surface area contributed by atoms with E-state index in [4.69, 9.17) is 9.52 Å². The van der Waals surface area contributed by atoms with Crippen molar-refractivity contribution >= 4 is 17.8 Å². The van der Waals surface area contributed by atoms with E-state index < -0.39 is 5.97 Å². The topological polar surface area (TPSA) is 99.9 Å². The summed E-state index contributed by atoms with van der Waals surface area (Å²) in [6, 6.07) is 1.25. The lowest BCUT2D eigenvalue weighted by atomic mass is 9.97. The van der Waals surface area contributed by atoms with Crippen molar-refractivity contribution < 1.29 is 23.9 Å². The fourth-order valence-corrected chi connectivity index (χ4v) is 2.71. The summed E-state index contributed by atoms with van der Waals surface area (Å²) in [4.78, 5) is 36.4. The van der Waals surface area contributed by atoms with Gasteiger partial charge in [0.25, 0.3) is 5.91 Å². The largest absolute Gasteiger partial charge is 0.478 e. The number of carboxylic acids is 1. The van der Waals surface area contributed by atoms with Gasteiger partial charge in [0.2, 0.25) is 5.91 Å². The summed E-state index contributed by atoms with van der Waals surface area (Å²) in [7, 11) is 0. The Hall–Kier alpha value is -2.31. The molecule has 1 aromatic heterocycles. The van der Waals surface area contributed by atoms with Gasteiger partial charge < -0.3 is 19.7 Å². The van der Waals surface area contributed by atoms with Gasteiger partial charge in [0.15, 0.2) is 5.76 Å². The summed E-state index contributed by atoms with van der Waals surface area (Å²) in [5.41, 5.74) is -0.0336. The lowest BCUT2D eigenvalue weighted by Gasteiger charge is -2.32. The van der Waals surface area contributed by atoms with Gasteiger partial charge in [-0.15, -0.1) is 0 Å². The second kappa shape index (κ2) is 7.80. The van der Waals surface area contributed by atoms with Crippen LogP contribution in [0.15, 0.2) is 16.7 Å². The van der Waals surface area contributed by atoms with Gasteiger partial charge in [-0.25, -0.2) is 4.79 Å². The molecule has 1 aliphatic rings. The fraction of sp³-hybridized carbons (Fsp3) is 0.562. The van der Waals surface area contributed by atoms with Crippen molar-refractivity contribution in [1.82, 2.24) is 10.2 Å². The van der Waals surface area contributed by atoms with Gasteiger partial charge in [-0.1, -0.05) is 6.92 Å². The second-order valence-corrected chi connectivity index (χ2v) is 5.82. The highest BCUT2D eigenvalue weighted by Gasteiger charge is 2.27. The minimum atomic E-state index is -1.12. The molecule has 1 aromatic rings. The molecular weight excluding hydrogens is 300 g/mol. The van der Waals surface area contributed by atoms with Crippen molar-refractivity contribution in [3.05, 3.63) is 23.7 Å². The van der Waals surface area contributed by atoms with Gasteiger partial charge in [-0.05, 0) is 25.2 Å². The molecule has 0 radical (unpaired) electrons. The summed E-state index contributed by atoms with van der Waals surface area (Å²) in [6.07, 6.45) is 4.20. The molecule has 7 nitrogen and oxygen atoms in total. The first-order valence-electron chi connectivity index (χ1n) is 7.89. The van der Waals surface area contributed by atoms with E-state index >= 15 is 0 Å². The van der Waals surface area contributed by atoms with Crippen LogP contribution < -0.4 is 5.32 Å². The molecule has 0 aromatic carbocycles. The quantitative estimate of drug-likeness (QED) is 0.831. The van der Waals surface area contributed by atoms with E-state index in [-0.39, 0.29) is 29.1 Å². The van der Waals surface area contributed by atoms with Crippen molar-refractivity contribution in [3.8, 4) is 0 Å². The van der Waals surface area contributed by atoms with Crippen LogP contribution in [0.25, 0.3) is 0 Å². The minimum absolute atomic E-state index is 0.0336. The van der Waals surface area contributed by atoms with E-state index in [0.717, 1.165) is 25.5 Å². The van der Waals surface area contributed by atoms with Gasteiger partial charge in [0, 0.05) is 32.1 Å². The molecule has 126 valence electrons. The SMILES string of the molecule is CCCC(=O)NCC1CCCN(C(=O)c2cc(C(=O)O)co2)C1. The van der Waals surface area contributed by atoms with E-state index in [9.17, 15) is 14.4 Å². The molecule has 2 amide bonds. The number of hydrogen-bond donors (Lipinski definition) is 2. The van der Waals surface area contributed by atoms with Gasteiger partial charge in [-0.2, -0.15) is 0 Å². The van der Waals surface area contributed by atoms with Crippen molar-refractivity contribution in [2.24, 2.45) is 5.92 Å². The number of furan rings is 1. The number of carbonyl (C=O) groups excluding carboxylic acids is 2. The molecule has 1 fully saturated rings. The number of hydrogen-bond acceptors (Lipinski definition) is 4. The van der Waals surface area contributed by atoms with Crippen LogP contribution in [-0.4, -0.2) is 47.4 Å². The van der Waals surface area contributed by atoms with Crippen LogP contribution in [0.3, 0.4) is 0 Å². The minimum Gasteiger partial charge on any atom is -0.478 e. The highest BCUT2D eigenvalue weighted by atomic mass is 16.4. The predicted octanol–water partition coefficient (Wildman–Crippen LogP) is 1.75. The van der Waals surface area contributed by atoms with Crippen LogP contribution in [0.2, 0.25) is 0 Å². The summed E-state index contributed by atoms with van der Waals surface area (Å²) < 4.78 is 5.06. The van der Waals surface area contributed by atoms with Crippen LogP contribution in [0, 0.1) is 5.92 Å². The molecule has 2 N–H and O–H groups in total. The Labute approximate surface area is 134 Å². The maximum atomic E-state index is 12.4. The number of aromatic carboxylic acids is 1. The van der Waals surface area contributed by atoms with Crippen LogP contribution >= 0.6 is 0 Å². The Morgan fingerprint density at radius 2 is 2.22 bits per heavy atom. The van der Waals surface area contributed by atoms with E-state index in [2.05, 4.69) is 5.32 Å². The maximum absolute atomic E-state index is 12.4. The van der Waals surface area contributed by atoms with Gasteiger partial charge in [0.05, 0.1) is 5.56 Å².